The molecule has 0 aliphatic carbocycles. The van der Waals surface area contributed by atoms with Crippen molar-refractivity contribution in [2.75, 3.05) is 11.6 Å². The van der Waals surface area contributed by atoms with E-state index < -0.39 is 5.56 Å². The maximum Gasteiger partial charge on any atom is 0.298 e. The fraction of sp³-hybridized carbons (Fsp3) is 0.0500. The van der Waals surface area contributed by atoms with Gasteiger partial charge in [-0.15, -0.1) is 10.2 Å². The third kappa shape index (κ3) is 4.36. The minimum absolute atomic E-state index is 0.00569. The second kappa shape index (κ2) is 9.01. The van der Waals surface area contributed by atoms with Crippen LogP contribution in [0.25, 0.3) is 16.9 Å². The van der Waals surface area contributed by atoms with Crippen molar-refractivity contribution in [3.05, 3.63) is 98.4 Å². The van der Waals surface area contributed by atoms with Gasteiger partial charge in [0.1, 0.15) is 5.02 Å². The van der Waals surface area contributed by atoms with Crippen LogP contribution in [0.15, 0.2) is 76.4 Å². The number of para-hydroxylation sites is 1. The lowest BCUT2D eigenvalue weighted by atomic mass is 10.2. The smallest absolute Gasteiger partial charge is 0.298 e. The zero-order valence-corrected chi connectivity index (χ0v) is 16.7. The standard InChI is InChI=1S/C10H8ClN3O.C10H10N4O/c11-9-8(12)6-13-14(10(9)15)7-4-2-1-3-5-7;1-7-12-13-9(10(15)14(7)11)8-5-3-2-4-6-8/h1-6H,12H2;2-6H,11H2,1H3. The Morgan fingerprint density at radius 3 is 2.13 bits per heavy atom. The molecular weight excluding hydrogens is 406 g/mol. The van der Waals surface area contributed by atoms with E-state index in [1.807, 2.05) is 36.4 Å². The number of nitrogens with two attached hydrogens (primary N) is 2. The Hall–Kier alpha value is -3.98. The lowest BCUT2D eigenvalue weighted by Crippen LogP contribution is -2.32. The van der Waals surface area contributed by atoms with Crippen molar-refractivity contribution in [3.8, 4) is 16.9 Å². The van der Waals surface area contributed by atoms with Gasteiger partial charge < -0.3 is 11.6 Å². The molecule has 30 heavy (non-hydrogen) atoms. The summed E-state index contributed by atoms with van der Waals surface area (Å²) in [6.07, 6.45) is 1.36. The first kappa shape index (κ1) is 20.7. The van der Waals surface area contributed by atoms with Crippen LogP contribution in [0.5, 0.6) is 0 Å². The number of nitrogens with zero attached hydrogens (tertiary/aromatic N) is 5. The van der Waals surface area contributed by atoms with Gasteiger partial charge in [-0.25, -0.2) is 4.68 Å². The van der Waals surface area contributed by atoms with E-state index in [1.165, 1.54) is 10.9 Å². The van der Waals surface area contributed by atoms with Gasteiger partial charge >= 0.3 is 0 Å². The number of aryl methyl sites for hydroxylation is 1. The summed E-state index contributed by atoms with van der Waals surface area (Å²) in [6.45, 7) is 1.63. The molecule has 10 heteroatoms. The Kier molecular flexibility index (Phi) is 6.23. The predicted octanol–water partition coefficient (Wildman–Crippen LogP) is 1.80. The third-order valence-corrected chi connectivity index (χ3v) is 4.44. The van der Waals surface area contributed by atoms with Gasteiger partial charge in [0.25, 0.3) is 11.1 Å². The first-order valence-electron chi connectivity index (χ1n) is 8.75. The molecule has 0 aliphatic heterocycles. The van der Waals surface area contributed by atoms with Gasteiger partial charge in [-0.05, 0) is 19.1 Å². The highest BCUT2D eigenvalue weighted by Gasteiger charge is 2.09. The molecule has 0 spiro atoms. The van der Waals surface area contributed by atoms with Crippen LogP contribution in [-0.2, 0) is 0 Å². The monoisotopic (exact) mass is 423 g/mol. The molecule has 0 amide bonds. The Morgan fingerprint density at radius 1 is 0.900 bits per heavy atom. The number of nitrogen functional groups attached to an aromatic ring is 2. The number of hydrogen-bond acceptors (Lipinski definition) is 7. The molecule has 0 atom stereocenters. The van der Waals surface area contributed by atoms with Crippen molar-refractivity contribution >= 4 is 17.3 Å². The van der Waals surface area contributed by atoms with E-state index in [0.29, 0.717) is 17.1 Å². The topological polar surface area (TPSA) is 135 Å². The van der Waals surface area contributed by atoms with Gasteiger partial charge in [0.15, 0.2) is 11.5 Å². The minimum atomic E-state index is -0.414. The number of rotatable bonds is 2. The first-order chi connectivity index (χ1) is 14.4. The number of halogens is 1. The second-order valence-electron chi connectivity index (χ2n) is 6.10. The number of hydrogen-bond donors (Lipinski definition) is 2. The highest BCUT2D eigenvalue weighted by Crippen LogP contribution is 2.12. The van der Waals surface area contributed by atoms with E-state index in [2.05, 4.69) is 15.3 Å². The normalized spacial score (nSPS) is 10.2. The molecule has 2 aromatic heterocycles. The number of benzene rings is 2. The van der Waals surface area contributed by atoms with E-state index in [4.69, 9.17) is 23.2 Å². The molecule has 9 nitrogen and oxygen atoms in total. The Labute approximate surface area is 176 Å². The van der Waals surface area contributed by atoms with Gasteiger partial charge in [-0.2, -0.15) is 9.78 Å². The highest BCUT2D eigenvalue weighted by molar-refractivity contribution is 6.32. The summed E-state index contributed by atoms with van der Waals surface area (Å²) in [5.41, 5.74) is 6.54. The number of aromatic nitrogens is 5. The average molecular weight is 424 g/mol. The summed E-state index contributed by atoms with van der Waals surface area (Å²) in [4.78, 5) is 23.4. The molecule has 0 unspecified atom stereocenters. The summed E-state index contributed by atoms with van der Waals surface area (Å²) >= 11 is 5.73. The summed E-state index contributed by atoms with van der Waals surface area (Å²) in [6, 6.07) is 18.1. The van der Waals surface area contributed by atoms with Crippen LogP contribution >= 0.6 is 11.6 Å². The minimum Gasteiger partial charge on any atom is -0.396 e. The SMILES string of the molecule is Cc1nnc(-c2ccccc2)c(=O)n1N.Nc1cnn(-c2ccccc2)c(=O)c1Cl. The van der Waals surface area contributed by atoms with Gasteiger partial charge in [0.2, 0.25) is 0 Å². The van der Waals surface area contributed by atoms with Crippen LogP contribution in [0.2, 0.25) is 5.02 Å². The maximum absolute atomic E-state index is 11.7. The molecule has 2 heterocycles. The summed E-state index contributed by atoms with van der Waals surface area (Å²) in [5, 5.41) is 11.5. The fourth-order valence-electron chi connectivity index (χ4n) is 2.45. The zero-order chi connectivity index (χ0) is 21.7. The molecule has 0 bridgehead atoms. The van der Waals surface area contributed by atoms with Gasteiger partial charge in [-0.1, -0.05) is 60.1 Å². The molecule has 2 aromatic carbocycles. The summed E-state index contributed by atoms with van der Waals surface area (Å²) in [7, 11) is 0. The van der Waals surface area contributed by atoms with Crippen molar-refractivity contribution < 1.29 is 0 Å². The summed E-state index contributed by atoms with van der Waals surface area (Å²) in [5.74, 6) is 5.91. The molecular formula is C20H18ClN7O2. The molecule has 0 radical (unpaired) electrons. The second-order valence-corrected chi connectivity index (χ2v) is 6.48. The Balaban J connectivity index is 0.000000171. The van der Waals surface area contributed by atoms with Crippen LogP contribution in [0, 0.1) is 6.92 Å². The lowest BCUT2D eigenvalue weighted by molar-refractivity contribution is 0.774. The van der Waals surface area contributed by atoms with Crippen LogP contribution < -0.4 is 22.7 Å². The molecule has 0 saturated heterocycles. The Morgan fingerprint density at radius 2 is 1.50 bits per heavy atom. The Bertz CT molecular complexity index is 1170. The van der Waals surface area contributed by atoms with Crippen LogP contribution in [0.1, 0.15) is 5.82 Å². The van der Waals surface area contributed by atoms with Gasteiger partial charge in [0.05, 0.1) is 17.6 Å². The fourth-order valence-corrected chi connectivity index (χ4v) is 2.58. The molecule has 4 rings (SSSR count). The highest BCUT2D eigenvalue weighted by atomic mass is 35.5. The molecule has 0 saturated carbocycles. The maximum atomic E-state index is 11.7. The molecule has 4 aromatic rings. The van der Waals surface area contributed by atoms with Crippen LogP contribution in [-0.4, -0.2) is 24.7 Å². The van der Waals surface area contributed by atoms with Crippen molar-refractivity contribution in [3.63, 3.8) is 0 Å². The number of anilines is 1. The predicted molar refractivity (Wildman–Crippen MR) is 116 cm³/mol. The van der Waals surface area contributed by atoms with Crippen molar-refractivity contribution in [1.82, 2.24) is 24.7 Å². The van der Waals surface area contributed by atoms with Crippen molar-refractivity contribution in [2.45, 2.75) is 6.92 Å². The third-order valence-electron chi connectivity index (χ3n) is 4.06. The average Bonchev–Trinajstić information content (AvgIpc) is 2.78. The van der Waals surface area contributed by atoms with E-state index >= 15 is 0 Å². The van der Waals surface area contributed by atoms with E-state index in [1.54, 1.807) is 31.2 Å². The zero-order valence-electron chi connectivity index (χ0n) is 15.9. The van der Waals surface area contributed by atoms with E-state index in [-0.39, 0.29) is 22.0 Å². The van der Waals surface area contributed by atoms with Gasteiger partial charge in [-0.3, -0.25) is 9.59 Å². The van der Waals surface area contributed by atoms with Crippen LogP contribution in [0.3, 0.4) is 0 Å². The molecule has 152 valence electrons. The largest absolute Gasteiger partial charge is 0.396 e. The first-order valence-corrected chi connectivity index (χ1v) is 9.13. The van der Waals surface area contributed by atoms with E-state index in [9.17, 15) is 9.59 Å². The summed E-state index contributed by atoms with van der Waals surface area (Å²) < 4.78 is 2.20. The van der Waals surface area contributed by atoms with Crippen LogP contribution in [0.4, 0.5) is 5.69 Å². The van der Waals surface area contributed by atoms with Crippen molar-refractivity contribution in [2.24, 2.45) is 0 Å². The molecule has 0 aliphatic rings. The van der Waals surface area contributed by atoms with E-state index in [0.717, 1.165) is 4.68 Å². The molecule has 0 fully saturated rings. The quantitative estimate of drug-likeness (QED) is 0.469. The lowest BCUT2D eigenvalue weighted by Gasteiger charge is -2.04. The van der Waals surface area contributed by atoms with Gasteiger partial charge in [0, 0.05) is 5.56 Å². The van der Waals surface area contributed by atoms with Crippen molar-refractivity contribution in [1.29, 1.82) is 0 Å². The molecule has 4 N–H and O–H groups in total.